The lowest BCUT2D eigenvalue weighted by Gasteiger charge is -2.16. The fraction of sp³-hybridized carbons (Fsp3) is 0.450. The number of carbonyl (C=O) groups is 2. The molecule has 2 aromatic rings. The molecule has 0 aliphatic carbocycles. The second-order valence-electron chi connectivity index (χ2n) is 6.87. The van der Waals surface area contributed by atoms with Crippen molar-refractivity contribution in [1.29, 1.82) is 0 Å². The molecule has 2 amide bonds. The summed E-state index contributed by atoms with van der Waals surface area (Å²) in [5.74, 6) is 0.221. The second-order valence-corrected chi connectivity index (χ2v) is 6.87. The van der Waals surface area contributed by atoms with E-state index in [0.29, 0.717) is 25.8 Å². The van der Waals surface area contributed by atoms with Crippen LogP contribution in [0.4, 0.5) is 5.69 Å². The maximum Gasteiger partial charge on any atom is 0.227 e. The van der Waals surface area contributed by atoms with Crippen LogP contribution < -0.4 is 10.2 Å². The van der Waals surface area contributed by atoms with Gasteiger partial charge in [-0.2, -0.15) is 5.10 Å². The monoisotopic (exact) mass is 354 g/mol. The van der Waals surface area contributed by atoms with Gasteiger partial charge in [0, 0.05) is 44.4 Å². The van der Waals surface area contributed by atoms with E-state index in [1.54, 1.807) is 0 Å². The normalized spacial score (nSPS) is 14.1. The van der Waals surface area contributed by atoms with E-state index < -0.39 is 0 Å². The molecule has 6 heteroatoms. The molecule has 6 nitrogen and oxygen atoms in total. The van der Waals surface area contributed by atoms with Crippen molar-refractivity contribution in [3.8, 4) is 0 Å². The summed E-state index contributed by atoms with van der Waals surface area (Å²) in [6, 6.07) is 7.84. The highest BCUT2D eigenvalue weighted by Gasteiger charge is 2.21. The average Bonchev–Trinajstić information content (AvgIpc) is 3.15. The first-order valence-corrected chi connectivity index (χ1v) is 9.11. The predicted molar refractivity (Wildman–Crippen MR) is 101 cm³/mol. The molecule has 0 atom stereocenters. The van der Waals surface area contributed by atoms with Crippen LogP contribution in [0.1, 0.15) is 41.8 Å². The predicted octanol–water partition coefficient (Wildman–Crippen LogP) is 2.41. The highest BCUT2D eigenvalue weighted by atomic mass is 16.2. The second kappa shape index (κ2) is 7.72. The van der Waals surface area contributed by atoms with Gasteiger partial charge in [-0.15, -0.1) is 0 Å². The van der Waals surface area contributed by atoms with Gasteiger partial charge in [0.2, 0.25) is 11.8 Å². The molecule has 3 rings (SSSR count). The van der Waals surface area contributed by atoms with Gasteiger partial charge in [0.1, 0.15) is 0 Å². The molecular formula is C20H26N4O2. The third-order valence-electron chi connectivity index (χ3n) is 5.07. The molecule has 0 bridgehead atoms. The van der Waals surface area contributed by atoms with Gasteiger partial charge in [-0.1, -0.05) is 12.1 Å². The summed E-state index contributed by atoms with van der Waals surface area (Å²) in [4.78, 5) is 25.7. The Morgan fingerprint density at radius 2 is 1.96 bits per heavy atom. The van der Waals surface area contributed by atoms with Gasteiger partial charge in [-0.3, -0.25) is 14.3 Å². The van der Waals surface area contributed by atoms with Gasteiger partial charge < -0.3 is 10.2 Å². The van der Waals surface area contributed by atoms with Crippen molar-refractivity contribution in [3.05, 3.63) is 46.8 Å². The van der Waals surface area contributed by atoms with E-state index in [9.17, 15) is 9.59 Å². The van der Waals surface area contributed by atoms with Crippen molar-refractivity contribution < 1.29 is 9.59 Å². The maximum absolute atomic E-state index is 12.1. The summed E-state index contributed by atoms with van der Waals surface area (Å²) in [5.41, 5.74) is 5.22. The lowest BCUT2D eigenvalue weighted by Crippen LogP contribution is -2.24. The van der Waals surface area contributed by atoms with Crippen LogP contribution in [0.5, 0.6) is 0 Å². The fourth-order valence-electron chi connectivity index (χ4n) is 3.42. The first-order valence-electron chi connectivity index (χ1n) is 9.11. The molecule has 1 aliphatic heterocycles. The number of nitrogens with zero attached hydrogens (tertiary/aromatic N) is 3. The molecule has 26 heavy (non-hydrogen) atoms. The van der Waals surface area contributed by atoms with Crippen molar-refractivity contribution >= 4 is 17.5 Å². The zero-order chi connectivity index (χ0) is 18.7. The quantitative estimate of drug-likeness (QED) is 0.866. The van der Waals surface area contributed by atoms with Gasteiger partial charge in [0.15, 0.2) is 0 Å². The number of carbonyl (C=O) groups excluding carboxylic acids is 2. The number of amides is 2. The number of nitrogens with one attached hydrogen (secondary N) is 1. The molecule has 1 aliphatic rings. The van der Waals surface area contributed by atoms with E-state index in [1.807, 2.05) is 54.7 Å². The summed E-state index contributed by atoms with van der Waals surface area (Å²) >= 11 is 0. The van der Waals surface area contributed by atoms with Crippen LogP contribution in [0.15, 0.2) is 24.3 Å². The Balaban J connectivity index is 1.49. The fourth-order valence-corrected chi connectivity index (χ4v) is 3.42. The van der Waals surface area contributed by atoms with Crippen LogP contribution in [0.25, 0.3) is 0 Å². The molecule has 0 spiro atoms. The summed E-state index contributed by atoms with van der Waals surface area (Å²) in [7, 11) is 1.92. The molecule has 1 aromatic heterocycles. The van der Waals surface area contributed by atoms with E-state index >= 15 is 0 Å². The molecule has 0 unspecified atom stereocenters. The van der Waals surface area contributed by atoms with Crippen LogP contribution >= 0.6 is 0 Å². The van der Waals surface area contributed by atoms with Crippen LogP contribution in [0.2, 0.25) is 0 Å². The highest BCUT2D eigenvalue weighted by Crippen LogP contribution is 2.21. The zero-order valence-corrected chi connectivity index (χ0v) is 15.7. The molecule has 2 heterocycles. The number of aryl methyl sites for hydroxylation is 2. The number of aromatic nitrogens is 2. The summed E-state index contributed by atoms with van der Waals surface area (Å²) in [6.07, 6.45) is 2.71. The first kappa shape index (κ1) is 18.2. The minimum Gasteiger partial charge on any atom is -0.352 e. The van der Waals surface area contributed by atoms with Crippen molar-refractivity contribution in [1.82, 2.24) is 15.1 Å². The lowest BCUT2D eigenvalue weighted by molar-refractivity contribution is -0.121. The van der Waals surface area contributed by atoms with E-state index in [0.717, 1.165) is 41.2 Å². The van der Waals surface area contributed by atoms with Gasteiger partial charge in [-0.05, 0) is 49.9 Å². The van der Waals surface area contributed by atoms with Gasteiger partial charge in [0.05, 0.1) is 5.69 Å². The SMILES string of the molecule is Cc1nn(C)c(C)c1CCC(=O)NCc1ccc(N2CCCC2=O)cc1. The highest BCUT2D eigenvalue weighted by molar-refractivity contribution is 5.95. The standard InChI is InChI=1S/C20H26N4O2/c1-14-18(15(2)23(3)22-14)10-11-19(25)21-13-16-6-8-17(9-7-16)24-12-4-5-20(24)26/h6-9H,4-5,10-13H2,1-3H3,(H,21,25). The Morgan fingerprint density at radius 3 is 2.54 bits per heavy atom. The number of hydrogen-bond acceptors (Lipinski definition) is 3. The van der Waals surface area contributed by atoms with Crippen LogP contribution in [-0.2, 0) is 29.6 Å². The molecule has 0 saturated carbocycles. The number of anilines is 1. The van der Waals surface area contributed by atoms with Crippen molar-refractivity contribution in [3.63, 3.8) is 0 Å². The van der Waals surface area contributed by atoms with Gasteiger partial charge in [0.25, 0.3) is 0 Å². The summed E-state index contributed by atoms with van der Waals surface area (Å²) in [5, 5.41) is 7.35. The Kier molecular flexibility index (Phi) is 5.40. The largest absolute Gasteiger partial charge is 0.352 e. The third-order valence-corrected chi connectivity index (χ3v) is 5.07. The van der Waals surface area contributed by atoms with E-state index in [2.05, 4.69) is 10.4 Å². The van der Waals surface area contributed by atoms with Gasteiger partial charge >= 0.3 is 0 Å². The Morgan fingerprint density at radius 1 is 1.23 bits per heavy atom. The molecule has 0 radical (unpaired) electrons. The molecule has 1 fully saturated rings. The summed E-state index contributed by atoms with van der Waals surface area (Å²) < 4.78 is 1.86. The lowest BCUT2D eigenvalue weighted by atomic mass is 10.1. The minimum atomic E-state index is 0.0338. The van der Waals surface area contributed by atoms with Crippen molar-refractivity contribution in [2.24, 2.45) is 7.05 Å². The Hall–Kier alpha value is -2.63. The number of rotatable bonds is 6. The van der Waals surface area contributed by atoms with Crippen molar-refractivity contribution in [2.45, 2.75) is 46.1 Å². The Labute approximate surface area is 154 Å². The zero-order valence-electron chi connectivity index (χ0n) is 15.7. The van der Waals surface area contributed by atoms with Crippen LogP contribution in [0, 0.1) is 13.8 Å². The van der Waals surface area contributed by atoms with Gasteiger partial charge in [-0.25, -0.2) is 0 Å². The smallest absolute Gasteiger partial charge is 0.227 e. The molecule has 1 saturated heterocycles. The Bertz CT molecular complexity index is 808. The minimum absolute atomic E-state index is 0.0338. The van der Waals surface area contributed by atoms with Crippen LogP contribution in [0.3, 0.4) is 0 Å². The summed E-state index contributed by atoms with van der Waals surface area (Å²) in [6.45, 7) is 5.30. The van der Waals surface area contributed by atoms with E-state index in [-0.39, 0.29) is 11.8 Å². The average molecular weight is 354 g/mol. The van der Waals surface area contributed by atoms with Crippen molar-refractivity contribution in [2.75, 3.05) is 11.4 Å². The van der Waals surface area contributed by atoms with E-state index in [4.69, 9.17) is 0 Å². The number of benzene rings is 1. The topological polar surface area (TPSA) is 67.2 Å². The van der Waals surface area contributed by atoms with E-state index in [1.165, 1.54) is 0 Å². The molecule has 1 N–H and O–H groups in total. The molecule has 1 aromatic carbocycles. The first-order chi connectivity index (χ1) is 12.5. The molecular weight excluding hydrogens is 328 g/mol. The number of hydrogen-bond donors (Lipinski definition) is 1. The third kappa shape index (κ3) is 3.95. The maximum atomic E-state index is 12.1. The molecule has 138 valence electrons. The van der Waals surface area contributed by atoms with Crippen LogP contribution in [-0.4, -0.2) is 28.1 Å².